The highest BCUT2D eigenvalue weighted by Crippen LogP contribution is 2.35. The van der Waals surface area contributed by atoms with Gasteiger partial charge in [-0.25, -0.2) is 9.97 Å². The van der Waals surface area contributed by atoms with Crippen LogP contribution in [0.15, 0.2) is 47.7 Å². The number of nitrogens with two attached hydrogens (primary N) is 1. The van der Waals surface area contributed by atoms with Gasteiger partial charge in [0, 0.05) is 48.2 Å². The van der Waals surface area contributed by atoms with Gasteiger partial charge in [-0.2, -0.15) is 0 Å². The lowest BCUT2D eigenvalue weighted by atomic mass is 9.88. The van der Waals surface area contributed by atoms with E-state index in [-0.39, 0.29) is 22.9 Å². The fourth-order valence-electron chi connectivity index (χ4n) is 5.30. The number of rotatable bonds is 4. The molecule has 3 N–H and O–H groups in total. The SMILES string of the molecule is Cn1cc(-c2ccc(NC(=O)c3cc4c(n(C5CCC5)c3=O)CCCC4=O)cc2)c2c(N)ncnc21. The van der Waals surface area contributed by atoms with Gasteiger partial charge in [0.25, 0.3) is 11.5 Å². The number of benzene rings is 1. The number of carbonyl (C=O) groups is 2. The molecule has 9 heteroatoms. The number of anilines is 2. The second-order valence-electron chi connectivity index (χ2n) is 9.60. The molecule has 1 saturated carbocycles. The van der Waals surface area contributed by atoms with Crippen molar-refractivity contribution in [3.8, 4) is 11.1 Å². The monoisotopic (exact) mass is 482 g/mol. The number of aromatic nitrogens is 4. The first-order valence-corrected chi connectivity index (χ1v) is 12.2. The number of amides is 1. The van der Waals surface area contributed by atoms with Gasteiger partial charge in [0.2, 0.25) is 0 Å². The van der Waals surface area contributed by atoms with Gasteiger partial charge < -0.3 is 20.2 Å². The van der Waals surface area contributed by atoms with Gasteiger partial charge in [-0.05, 0) is 55.9 Å². The fraction of sp³-hybridized carbons (Fsp3) is 0.296. The molecule has 3 aromatic heterocycles. The Kier molecular flexibility index (Phi) is 5.21. The molecule has 36 heavy (non-hydrogen) atoms. The van der Waals surface area contributed by atoms with Crippen molar-refractivity contribution in [3.05, 3.63) is 70.0 Å². The Hall–Kier alpha value is -4.27. The highest BCUT2D eigenvalue weighted by Gasteiger charge is 2.30. The average Bonchev–Trinajstić information content (AvgIpc) is 3.18. The normalized spacial score (nSPS) is 15.5. The molecule has 6 rings (SSSR count). The van der Waals surface area contributed by atoms with Gasteiger partial charge in [0.1, 0.15) is 23.4 Å². The summed E-state index contributed by atoms with van der Waals surface area (Å²) >= 11 is 0. The number of pyridine rings is 1. The third kappa shape index (κ3) is 3.50. The lowest BCUT2D eigenvalue weighted by Crippen LogP contribution is -2.38. The first-order valence-electron chi connectivity index (χ1n) is 12.2. The molecule has 1 fully saturated rings. The van der Waals surface area contributed by atoms with Crippen LogP contribution >= 0.6 is 0 Å². The lowest BCUT2D eigenvalue weighted by Gasteiger charge is -2.32. The Morgan fingerprint density at radius 1 is 1.06 bits per heavy atom. The third-order valence-electron chi connectivity index (χ3n) is 7.38. The van der Waals surface area contributed by atoms with Crippen LogP contribution in [0.25, 0.3) is 22.2 Å². The summed E-state index contributed by atoms with van der Waals surface area (Å²) in [5.74, 6) is -0.108. The Balaban J connectivity index is 1.32. The van der Waals surface area contributed by atoms with Crippen molar-refractivity contribution in [1.29, 1.82) is 0 Å². The highest BCUT2D eigenvalue weighted by atomic mass is 16.2. The van der Waals surface area contributed by atoms with Crippen LogP contribution < -0.4 is 16.6 Å². The molecule has 4 aromatic rings. The second-order valence-corrected chi connectivity index (χ2v) is 9.60. The molecule has 0 radical (unpaired) electrons. The van der Waals surface area contributed by atoms with Crippen LogP contribution in [0.1, 0.15) is 64.6 Å². The number of nitrogen functional groups attached to an aromatic ring is 1. The van der Waals surface area contributed by atoms with E-state index in [1.165, 1.54) is 12.4 Å². The first kappa shape index (κ1) is 22.2. The maximum absolute atomic E-state index is 13.4. The fourth-order valence-corrected chi connectivity index (χ4v) is 5.30. The minimum absolute atomic E-state index is 0.000988. The molecule has 0 atom stereocenters. The molecular formula is C27H26N6O3. The van der Waals surface area contributed by atoms with Gasteiger partial charge in [-0.3, -0.25) is 14.4 Å². The van der Waals surface area contributed by atoms with Crippen molar-refractivity contribution in [2.75, 3.05) is 11.1 Å². The smallest absolute Gasteiger partial charge is 0.263 e. The van der Waals surface area contributed by atoms with Crippen LogP contribution in [0.4, 0.5) is 11.5 Å². The van der Waals surface area contributed by atoms with Crippen LogP contribution in [0.3, 0.4) is 0 Å². The average molecular weight is 483 g/mol. The lowest BCUT2D eigenvalue weighted by molar-refractivity contribution is 0.0968. The van der Waals surface area contributed by atoms with Crippen molar-refractivity contribution < 1.29 is 9.59 Å². The summed E-state index contributed by atoms with van der Waals surface area (Å²) in [6, 6.07) is 8.87. The Labute approximate surface area is 207 Å². The highest BCUT2D eigenvalue weighted by molar-refractivity contribution is 6.07. The molecule has 3 heterocycles. The molecule has 1 aromatic carbocycles. The van der Waals surface area contributed by atoms with E-state index in [2.05, 4.69) is 15.3 Å². The second kappa shape index (κ2) is 8.44. The number of hydrogen-bond acceptors (Lipinski definition) is 6. The summed E-state index contributed by atoms with van der Waals surface area (Å²) in [5.41, 5.74) is 10.2. The molecule has 0 spiro atoms. The van der Waals surface area contributed by atoms with E-state index in [9.17, 15) is 14.4 Å². The van der Waals surface area contributed by atoms with Crippen molar-refractivity contribution in [2.24, 2.45) is 7.05 Å². The van der Waals surface area contributed by atoms with Crippen LogP contribution in [-0.2, 0) is 13.5 Å². The number of aryl methyl sites for hydroxylation is 1. The van der Waals surface area contributed by atoms with E-state index < -0.39 is 5.91 Å². The number of nitrogens with one attached hydrogen (secondary N) is 1. The van der Waals surface area contributed by atoms with Crippen LogP contribution in [-0.4, -0.2) is 30.8 Å². The minimum atomic E-state index is -0.509. The minimum Gasteiger partial charge on any atom is -0.383 e. The number of nitrogens with zero attached hydrogens (tertiary/aromatic N) is 4. The summed E-state index contributed by atoms with van der Waals surface area (Å²) < 4.78 is 3.61. The molecule has 0 saturated heterocycles. The zero-order valence-electron chi connectivity index (χ0n) is 20.0. The molecule has 0 bridgehead atoms. The molecule has 0 aliphatic heterocycles. The Bertz CT molecular complexity index is 1590. The summed E-state index contributed by atoms with van der Waals surface area (Å²) in [6.07, 6.45) is 8.11. The van der Waals surface area contributed by atoms with E-state index >= 15 is 0 Å². The Morgan fingerprint density at radius 3 is 2.56 bits per heavy atom. The summed E-state index contributed by atoms with van der Waals surface area (Å²) in [4.78, 5) is 47.6. The van der Waals surface area contributed by atoms with Crippen LogP contribution in [0.2, 0.25) is 0 Å². The maximum atomic E-state index is 13.4. The van der Waals surface area contributed by atoms with Crippen molar-refractivity contribution in [3.63, 3.8) is 0 Å². The molecule has 1 amide bonds. The van der Waals surface area contributed by atoms with Gasteiger partial charge in [0.05, 0.1) is 5.39 Å². The van der Waals surface area contributed by atoms with Gasteiger partial charge in [-0.1, -0.05) is 12.1 Å². The van der Waals surface area contributed by atoms with E-state index in [1.807, 2.05) is 29.9 Å². The standard InChI is InChI=1S/C27H26N6O3/c1-32-13-20(23-24(28)29-14-30-25(23)32)15-8-10-16(11-9-15)31-26(35)19-12-18-21(6-3-7-22(18)34)33(27(19)36)17-4-2-5-17/h8-14,17H,2-7H2,1H3,(H,31,35)(H2,28,29,30). The summed E-state index contributed by atoms with van der Waals surface area (Å²) in [7, 11) is 1.90. The molecule has 9 nitrogen and oxygen atoms in total. The van der Waals surface area contributed by atoms with E-state index in [4.69, 9.17) is 5.73 Å². The van der Waals surface area contributed by atoms with E-state index in [0.717, 1.165) is 53.5 Å². The van der Waals surface area contributed by atoms with Crippen LogP contribution in [0, 0.1) is 0 Å². The first-order chi connectivity index (χ1) is 17.4. The summed E-state index contributed by atoms with van der Waals surface area (Å²) in [5, 5.41) is 3.61. The van der Waals surface area contributed by atoms with Crippen LogP contribution in [0.5, 0.6) is 0 Å². The molecule has 0 unspecified atom stereocenters. The van der Waals surface area contributed by atoms with Crippen molar-refractivity contribution in [2.45, 2.75) is 44.6 Å². The molecule has 2 aliphatic carbocycles. The zero-order valence-corrected chi connectivity index (χ0v) is 20.0. The predicted octanol–water partition coefficient (Wildman–Crippen LogP) is 3.88. The van der Waals surface area contributed by atoms with Crippen molar-refractivity contribution in [1.82, 2.24) is 19.1 Å². The zero-order chi connectivity index (χ0) is 25.0. The van der Waals surface area contributed by atoms with E-state index in [1.54, 1.807) is 16.7 Å². The number of hydrogen-bond donors (Lipinski definition) is 2. The molecule has 182 valence electrons. The third-order valence-corrected chi connectivity index (χ3v) is 7.38. The predicted molar refractivity (Wildman–Crippen MR) is 137 cm³/mol. The molecular weight excluding hydrogens is 456 g/mol. The maximum Gasteiger partial charge on any atom is 0.263 e. The molecule has 2 aliphatic rings. The largest absolute Gasteiger partial charge is 0.383 e. The number of Topliss-reactive ketones (excluding diaryl/α,β-unsaturated/α-hetero) is 1. The van der Waals surface area contributed by atoms with Gasteiger partial charge in [0.15, 0.2) is 5.78 Å². The van der Waals surface area contributed by atoms with Crippen molar-refractivity contribution >= 4 is 34.2 Å². The topological polar surface area (TPSA) is 125 Å². The number of fused-ring (bicyclic) bond motifs is 2. The Morgan fingerprint density at radius 2 is 1.83 bits per heavy atom. The van der Waals surface area contributed by atoms with E-state index in [0.29, 0.717) is 29.9 Å². The number of ketones is 1. The van der Waals surface area contributed by atoms with Gasteiger partial charge in [-0.15, -0.1) is 0 Å². The summed E-state index contributed by atoms with van der Waals surface area (Å²) in [6.45, 7) is 0. The quantitative estimate of drug-likeness (QED) is 0.455. The number of carbonyl (C=O) groups excluding carboxylic acids is 2. The van der Waals surface area contributed by atoms with Gasteiger partial charge >= 0.3 is 0 Å².